The highest BCUT2D eigenvalue weighted by molar-refractivity contribution is 5.62. The first kappa shape index (κ1) is 13.6. The van der Waals surface area contributed by atoms with Crippen molar-refractivity contribution in [1.29, 1.82) is 0 Å². The number of anilines is 2. The highest BCUT2D eigenvalue weighted by Crippen LogP contribution is 2.25. The molecular weight excluding hydrogens is 237 g/mol. The van der Waals surface area contributed by atoms with Crippen LogP contribution in [0.25, 0.3) is 0 Å². The van der Waals surface area contributed by atoms with E-state index in [-0.39, 0.29) is 5.82 Å². The summed E-state index contributed by atoms with van der Waals surface area (Å²) in [5.74, 6) is -0.190. The second kappa shape index (κ2) is 6.93. The minimum Gasteiger partial charge on any atom is -0.341 e. The molecule has 2 aromatic rings. The Labute approximate surface area is 114 Å². The largest absolute Gasteiger partial charge is 0.341 e. The summed E-state index contributed by atoms with van der Waals surface area (Å²) in [6.45, 7) is 3.16. The Bertz CT molecular complexity index is 478. The number of halogens is 1. The van der Waals surface area contributed by atoms with E-state index in [9.17, 15) is 4.39 Å². The van der Waals surface area contributed by atoms with Gasteiger partial charge in [0, 0.05) is 17.9 Å². The van der Waals surface area contributed by atoms with E-state index in [0.717, 1.165) is 24.3 Å². The zero-order chi connectivity index (χ0) is 13.5. The van der Waals surface area contributed by atoms with E-state index in [0.29, 0.717) is 0 Å². The predicted octanol–water partition coefficient (Wildman–Crippen LogP) is 5.15. The number of rotatable bonds is 6. The zero-order valence-electron chi connectivity index (χ0n) is 11.3. The Morgan fingerprint density at radius 3 is 2.11 bits per heavy atom. The van der Waals surface area contributed by atoms with Crippen LogP contribution in [0.4, 0.5) is 15.8 Å². The summed E-state index contributed by atoms with van der Waals surface area (Å²) in [5, 5.41) is 0. The van der Waals surface area contributed by atoms with E-state index in [1.807, 2.05) is 30.3 Å². The van der Waals surface area contributed by atoms with Crippen LogP contribution in [-0.4, -0.2) is 6.54 Å². The number of nitrogens with zero attached hydrogens (tertiary/aromatic N) is 1. The SMILES string of the molecule is CCCCCN(c1ccccc1)c1ccc(F)cc1. The van der Waals surface area contributed by atoms with E-state index in [1.165, 1.54) is 25.0 Å². The van der Waals surface area contributed by atoms with Crippen LogP contribution in [0.5, 0.6) is 0 Å². The number of unbranched alkanes of at least 4 members (excludes halogenated alkanes) is 2. The molecule has 0 saturated carbocycles. The Morgan fingerprint density at radius 1 is 0.842 bits per heavy atom. The van der Waals surface area contributed by atoms with Crippen molar-refractivity contribution in [2.24, 2.45) is 0 Å². The van der Waals surface area contributed by atoms with Gasteiger partial charge < -0.3 is 4.90 Å². The minimum atomic E-state index is -0.190. The summed E-state index contributed by atoms with van der Waals surface area (Å²) >= 11 is 0. The van der Waals surface area contributed by atoms with Crippen molar-refractivity contribution in [2.75, 3.05) is 11.4 Å². The van der Waals surface area contributed by atoms with Crippen molar-refractivity contribution in [1.82, 2.24) is 0 Å². The molecule has 0 amide bonds. The molecule has 2 rings (SSSR count). The van der Waals surface area contributed by atoms with Crippen LogP contribution in [0, 0.1) is 5.82 Å². The topological polar surface area (TPSA) is 3.24 Å². The smallest absolute Gasteiger partial charge is 0.123 e. The van der Waals surface area contributed by atoms with E-state index in [4.69, 9.17) is 0 Å². The molecule has 0 aliphatic heterocycles. The van der Waals surface area contributed by atoms with Crippen LogP contribution in [0.1, 0.15) is 26.2 Å². The van der Waals surface area contributed by atoms with E-state index in [1.54, 1.807) is 0 Å². The lowest BCUT2D eigenvalue weighted by atomic mass is 10.2. The molecule has 0 aromatic heterocycles. The molecule has 0 N–H and O–H groups in total. The number of para-hydroxylation sites is 1. The van der Waals surface area contributed by atoms with Gasteiger partial charge in [0.1, 0.15) is 5.82 Å². The van der Waals surface area contributed by atoms with Gasteiger partial charge in [-0.2, -0.15) is 0 Å². The van der Waals surface area contributed by atoms with Gasteiger partial charge in [0.05, 0.1) is 0 Å². The first-order chi connectivity index (χ1) is 9.31. The predicted molar refractivity (Wildman–Crippen MR) is 79.4 cm³/mol. The number of hydrogen-bond acceptors (Lipinski definition) is 1. The number of hydrogen-bond donors (Lipinski definition) is 0. The Balaban J connectivity index is 2.21. The van der Waals surface area contributed by atoms with Gasteiger partial charge >= 0.3 is 0 Å². The van der Waals surface area contributed by atoms with Gasteiger partial charge in [0.15, 0.2) is 0 Å². The molecule has 0 fully saturated rings. The average Bonchev–Trinajstić information content (AvgIpc) is 2.46. The van der Waals surface area contributed by atoms with Crippen LogP contribution < -0.4 is 4.90 Å². The maximum atomic E-state index is 13.0. The monoisotopic (exact) mass is 257 g/mol. The molecule has 0 radical (unpaired) electrons. The van der Waals surface area contributed by atoms with Crippen molar-refractivity contribution in [3.8, 4) is 0 Å². The van der Waals surface area contributed by atoms with Crippen LogP contribution in [-0.2, 0) is 0 Å². The normalized spacial score (nSPS) is 10.4. The molecule has 0 bridgehead atoms. The Kier molecular flexibility index (Phi) is 4.96. The molecular formula is C17H20FN. The molecule has 100 valence electrons. The summed E-state index contributed by atoms with van der Waals surface area (Å²) in [7, 11) is 0. The Hall–Kier alpha value is -1.83. The molecule has 0 aliphatic carbocycles. The maximum absolute atomic E-state index is 13.0. The van der Waals surface area contributed by atoms with Gasteiger partial charge in [-0.05, 0) is 42.8 Å². The molecule has 2 heteroatoms. The highest BCUT2D eigenvalue weighted by atomic mass is 19.1. The van der Waals surface area contributed by atoms with Crippen LogP contribution in [0.2, 0.25) is 0 Å². The molecule has 19 heavy (non-hydrogen) atoms. The third-order valence-corrected chi connectivity index (χ3v) is 3.19. The molecule has 0 aliphatic rings. The first-order valence-electron chi connectivity index (χ1n) is 6.89. The molecule has 0 unspecified atom stereocenters. The van der Waals surface area contributed by atoms with E-state index >= 15 is 0 Å². The lowest BCUT2D eigenvalue weighted by Crippen LogP contribution is -2.18. The quantitative estimate of drug-likeness (QED) is 0.646. The Morgan fingerprint density at radius 2 is 1.47 bits per heavy atom. The average molecular weight is 257 g/mol. The number of benzene rings is 2. The fourth-order valence-electron chi connectivity index (χ4n) is 2.16. The van der Waals surface area contributed by atoms with E-state index in [2.05, 4.69) is 24.0 Å². The summed E-state index contributed by atoms with van der Waals surface area (Å²) in [5.41, 5.74) is 2.20. The van der Waals surface area contributed by atoms with Crippen molar-refractivity contribution >= 4 is 11.4 Å². The van der Waals surface area contributed by atoms with Gasteiger partial charge in [-0.25, -0.2) is 4.39 Å². The summed E-state index contributed by atoms with van der Waals surface area (Å²) < 4.78 is 13.0. The summed E-state index contributed by atoms with van der Waals surface area (Å²) in [6, 6.07) is 17.0. The summed E-state index contributed by atoms with van der Waals surface area (Å²) in [6.07, 6.45) is 3.55. The highest BCUT2D eigenvalue weighted by Gasteiger charge is 2.08. The zero-order valence-corrected chi connectivity index (χ0v) is 11.3. The van der Waals surface area contributed by atoms with Gasteiger partial charge in [0.25, 0.3) is 0 Å². The minimum absolute atomic E-state index is 0.190. The molecule has 0 heterocycles. The van der Waals surface area contributed by atoms with Gasteiger partial charge in [-0.15, -0.1) is 0 Å². The van der Waals surface area contributed by atoms with E-state index < -0.39 is 0 Å². The van der Waals surface area contributed by atoms with Crippen LogP contribution >= 0.6 is 0 Å². The van der Waals surface area contributed by atoms with Crippen molar-refractivity contribution < 1.29 is 4.39 Å². The second-order valence-electron chi connectivity index (χ2n) is 4.67. The lowest BCUT2D eigenvalue weighted by molar-refractivity contribution is 0.627. The maximum Gasteiger partial charge on any atom is 0.123 e. The molecule has 2 aromatic carbocycles. The summed E-state index contributed by atoms with van der Waals surface area (Å²) in [4.78, 5) is 2.25. The van der Waals surface area contributed by atoms with Crippen LogP contribution in [0.3, 0.4) is 0 Å². The fraction of sp³-hybridized carbons (Fsp3) is 0.294. The third-order valence-electron chi connectivity index (χ3n) is 3.19. The first-order valence-corrected chi connectivity index (χ1v) is 6.89. The third kappa shape index (κ3) is 3.82. The standard InChI is InChI=1S/C17H20FN/c1-2-3-7-14-19(16-8-5-4-6-9-16)17-12-10-15(18)11-13-17/h4-6,8-13H,2-3,7,14H2,1H3. The van der Waals surface area contributed by atoms with Crippen molar-refractivity contribution in [3.05, 3.63) is 60.4 Å². The fourth-order valence-corrected chi connectivity index (χ4v) is 2.16. The molecule has 0 saturated heterocycles. The van der Waals surface area contributed by atoms with Gasteiger partial charge in [-0.1, -0.05) is 38.0 Å². The van der Waals surface area contributed by atoms with Gasteiger partial charge in [0.2, 0.25) is 0 Å². The molecule has 0 atom stereocenters. The molecule has 0 spiro atoms. The molecule has 1 nitrogen and oxygen atoms in total. The van der Waals surface area contributed by atoms with Crippen molar-refractivity contribution in [3.63, 3.8) is 0 Å². The van der Waals surface area contributed by atoms with Gasteiger partial charge in [-0.3, -0.25) is 0 Å². The van der Waals surface area contributed by atoms with Crippen molar-refractivity contribution in [2.45, 2.75) is 26.2 Å². The lowest BCUT2D eigenvalue weighted by Gasteiger charge is -2.25. The second-order valence-corrected chi connectivity index (χ2v) is 4.67. The van der Waals surface area contributed by atoms with Crippen LogP contribution in [0.15, 0.2) is 54.6 Å².